The van der Waals surface area contributed by atoms with Crippen molar-refractivity contribution >= 4 is 5.91 Å². The molecule has 2 rings (SSSR count). The second-order valence-corrected chi connectivity index (χ2v) is 6.23. The fraction of sp³-hybridized carbons (Fsp3) is 0.611. The van der Waals surface area contributed by atoms with Crippen LogP contribution >= 0.6 is 0 Å². The third-order valence-electron chi connectivity index (χ3n) is 4.32. The summed E-state index contributed by atoms with van der Waals surface area (Å²) < 4.78 is 19.1. The fourth-order valence-corrected chi connectivity index (χ4v) is 2.72. The maximum absolute atomic E-state index is 13.6. The molecule has 0 radical (unpaired) electrons. The molecule has 0 bridgehead atoms. The van der Waals surface area contributed by atoms with Gasteiger partial charge in [-0.2, -0.15) is 0 Å². The van der Waals surface area contributed by atoms with E-state index >= 15 is 0 Å². The highest BCUT2D eigenvalue weighted by Crippen LogP contribution is 2.18. The van der Waals surface area contributed by atoms with E-state index in [0.29, 0.717) is 13.0 Å². The minimum atomic E-state index is -0.662. The average molecular weight is 337 g/mol. The molecule has 0 saturated carbocycles. The van der Waals surface area contributed by atoms with Crippen LogP contribution in [0.15, 0.2) is 24.3 Å². The van der Waals surface area contributed by atoms with Crippen LogP contribution in [0.25, 0.3) is 0 Å². The van der Waals surface area contributed by atoms with E-state index in [0.717, 1.165) is 39.1 Å². The topological polar surface area (TPSA) is 44.8 Å². The molecule has 0 aliphatic carbocycles. The first-order chi connectivity index (χ1) is 11.6. The Kier molecular flexibility index (Phi) is 7.46. The van der Waals surface area contributed by atoms with Crippen molar-refractivity contribution in [1.29, 1.82) is 0 Å². The first-order valence-electron chi connectivity index (χ1n) is 8.70. The summed E-state index contributed by atoms with van der Waals surface area (Å²) in [6.45, 7) is 7.81. The molecule has 1 heterocycles. The largest absolute Gasteiger partial charge is 0.478 e. The Bertz CT molecular complexity index is 519. The summed E-state index contributed by atoms with van der Waals surface area (Å²) in [5.41, 5.74) is 0. The molecular formula is C18H28FN3O2. The zero-order chi connectivity index (χ0) is 17.4. The number of ether oxygens (including phenoxy) is 1. The van der Waals surface area contributed by atoms with Crippen LogP contribution in [0.4, 0.5) is 4.39 Å². The average Bonchev–Trinajstić information content (AvgIpc) is 2.59. The van der Waals surface area contributed by atoms with Gasteiger partial charge in [-0.15, -0.1) is 0 Å². The molecule has 134 valence electrons. The molecule has 5 nitrogen and oxygen atoms in total. The minimum Gasteiger partial charge on any atom is -0.478 e. The molecule has 1 amide bonds. The van der Waals surface area contributed by atoms with Gasteiger partial charge in [0.25, 0.3) is 5.91 Å². The van der Waals surface area contributed by atoms with Gasteiger partial charge in [-0.05, 0) is 38.6 Å². The van der Waals surface area contributed by atoms with Gasteiger partial charge in [-0.25, -0.2) is 4.39 Å². The number of para-hydroxylation sites is 1. The molecule has 0 spiro atoms. The highest BCUT2D eigenvalue weighted by atomic mass is 19.1. The quantitative estimate of drug-likeness (QED) is 0.734. The Balaban J connectivity index is 1.69. The predicted molar refractivity (Wildman–Crippen MR) is 92.7 cm³/mol. The van der Waals surface area contributed by atoms with Gasteiger partial charge in [0.05, 0.1) is 0 Å². The van der Waals surface area contributed by atoms with E-state index in [-0.39, 0.29) is 11.7 Å². The Morgan fingerprint density at radius 2 is 2.00 bits per heavy atom. The summed E-state index contributed by atoms with van der Waals surface area (Å²) in [6, 6.07) is 6.16. The van der Waals surface area contributed by atoms with Crippen LogP contribution in [0.3, 0.4) is 0 Å². The first-order valence-corrected chi connectivity index (χ1v) is 8.70. The van der Waals surface area contributed by atoms with Crippen LogP contribution in [0.5, 0.6) is 5.75 Å². The molecular weight excluding hydrogens is 309 g/mol. The molecule has 0 unspecified atom stereocenters. The molecule has 1 aromatic rings. The first kappa shape index (κ1) is 18.7. The number of nitrogens with one attached hydrogen (secondary N) is 1. The molecule has 1 atom stereocenters. The molecule has 1 fully saturated rings. The smallest absolute Gasteiger partial charge is 0.261 e. The lowest BCUT2D eigenvalue weighted by Gasteiger charge is -2.32. The van der Waals surface area contributed by atoms with E-state index in [1.54, 1.807) is 18.2 Å². The lowest BCUT2D eigenvalue weighted by atomic mass is 10.2. The van der Waals surface area contributed by atoms with Crippen molar-refractivity contribution in [2.45, 2.75) is 25.9 Å². The van der Waals surface area contributed by atoms with Crippen LogP contribution < -0.4 is 10.1 Å². The number of carbonyl (C=O) groups is 1. The van der Waals surface area contributed by atoms with Gasteiger partial charge in [-0.3, -0.25) is 4.79 Å². The molecule has 1 aromatic carbocycles. The van der Waals surface area contributed by atoms with Crippen molar-refractivity contribution in [3.63, 3.8) is 0 Å². The Labute approximate surface area is 143 Å². The predicted octanol–water partition coefficient (Wildman–Crippen LogP) is 1.74. The van der Waals surface area contributed by atoms with Gasteiger partial charge in [0.2, 0.25) is 0 Å². The number of halogens is 1. The van der Waals surface area contributed by atoms with Crippen molar-refractivity contribution in [2.24, 2.45) is 0 Å². The number of hydrogen-bond donors (Lipinski definition) is 1. The highest BCUT2D eigenvalue weighted by molar-refractivity contribution is 5.81. The summed E-state index contributed by atoms with van der Waals surface area (Å²) in [6.07, 6.45) is 0.745. The van der Waals surface area contributed by atoms with Crippen molar-refractivity contribution in [1.82, 2.24) is 15.1 Å². The van der Waals surface area contributed by atoms with Crippen LogP contribution in [0.1, 0.15) is 19.8 Å². The fourth-order valence-electron chi connectivity index (χ4n) is 2.72. The lowest BCUT2D eigenvalue weighted by molar-refractivity contribution is -0.128. The van der Waals surface area contributed by atoms with Gasteiger partial charge in [0.1, 0.15) is 0 Å². The molecule has 1 aliphatic rings. The van der Waals surface area contributed by atoms with E-state index in [2.05, 4.69) is 22.2 Å². The third kappa shape index (κ3) is 5.76. The van der Waals surface area contributed by atoms with Crippen LogP contribution in [-0.2, 0) is 4.79 Å². The second-order valence-electron chi connectivity index (χ2n) is 6.23. The molecule has 6 heteroatoms. The van der Waals surface area contributed by atoms with Crippen LogP contribution in [0.2, 0.25) is 0 Å². The van der Waals surface area contributed by atoms with Crippen LogP contribution in [-0.4, -0.2) is 68.1 Å². The Hall–Kier alpha value is -1.66. The summed E-state index contributed by atoms with van der Waals surface area (Å²) in [4.78, 5) is 16.9. The monoisotopic (exact) mass is 337 g/mol. The maximum Gasteiger partial charge on any atom is 0.261 e. The van der Waals surface area contributed by atoms with Gasteiger partial charge in [-0.1, -0.05) is 19.1 Å². The molecule has 1 aliphatic heterocycles. The van der Waals surface area contributed by atoms with Crippen molar-refractivity contribution in [2.75, 3.05) is 46.3 Å². The van der Waals surface area contributed by atoms with Crippen LogP contribution in [0, 0.1) is 5.82 Å². The highest BCUT2D eigenvalue weighted by Gasteiger charge is 2.19. The van der Waals surface area contributed by atoms with E-state index in [1.165, 1.54) is 6.07 Å². The zero-order valence-corrected chi connectivity index (χ0v) is 14.6. The molecule has 0 aromatic heterocycles. The van der Waals surface area contributed by atoms with Crippen molar-refractivity contribution in [3.05, 3.63) is 30.1 Å². The number of benzene rings is 1. The van der Waals surface area contributed by atoms with Crippen molar-refractivity contribution in [3.8, 4) is 5.75 Å². The summed E-state index contributed by atoms with van der Waals surface area (Å²) in [7, 11) is 2.14. The number of rotatable bonds is 8. The van der Waals surface area contributed by atoms with Gasteiger partial charge >= 0.3 is 0 Å². The molecule has 24 heavy (non-hydrogen) atoms. The Morgan fingerprint density at radius 3 is 2.67 bits per heavy atom. The lowest BCUT2D eigenvalue weighted by Crippen LogP contribution is -2.45. The number of piperazine rings is 1. The van der Waals surface area contributed by atoms with Gasteiger partial charge in [0, 0.05) is 32.7 Å². The van der Waals surface area contributed by atoms with Crippen molar-refractivity contribution < 1.29 is 13.9 Å². The number of likely N-dealkylation sites (N-methyl/N-ethyl adjacent to an activating group) is 1. The standard InChI is InChI=1S/C18H28FN3O2/c1-3-16(24-17-8-5-4-7-15(17)19)18(23)20-9-6-10-22-13-11-21(2)12-14-22/h4-5,7-8,16H,3,6,9-14H2,1-2H3,(H,20,23)/t16-/m1/s1. The Morgan fingerprint density at radius 1 is 1.29 bits per heavy atom. The van der Waals surface area contributed by atoms with E-state index < -0.39 is 11.9 Å². The van der Waals surface area contributed by atoms with E-state index in [1.807, 2.05) is 6.92 Å². The third-order valence-corrected chi connectivity index (χ3v) is 4.32. The zero-order valence-electron chi connectivity index (χ0n) is 14.6. The number of carbonyl (C=O) groups excluding carboxylic acids is 1. The normalized spacial score (nSPS) is 17.5. The van der Waals surface area contributed by atoms with Gasteiger partial charge < -0.3 is 19.9 Å². The summed E-state index contributed by atoms with van der Waals surface area (Å²) in [5, 5.41) is 2.90. The minimum absolute atomic E-state index is 0.122. The molecule has 1 saturated heterocycles. The summed E-state index contributed by atoms with van der Waals surface area (Å²) >= 11 is 0. The maximum atomic E-state index is 13.6. The van der Waals surface area contributed by atoms with E-state index in [9.17, 15) is 9.18 Å². The number of nitrogens with zero attached hydrogens (tertiary/aromatic N) is 2. The number of amides is 1. The molecule has 1 N–H and O–H groups in total. The van der Waals surface area contributed by atoms with E-state index in [4.69, 9.17) is 4.74 Å². The second kappa shape index (κ2) is 9.59. The SMILES string of the molecule is CC[C@@H](Oc1ccccc1F)C(=O)NCCCN1CCN(C)CC1. The number of hydrogen-bond acceptors (Lipinski definition) is 4. The van der Waals surface area contributed by atoms with Gasteiger partial charge in [0.15, 0.2) is 17.7 Å². The summed E-state index contributed by atoms with van der Waals surface area (Å²) in [5.74, 6) is -0.505.